The lowest BCUT2D eigenvalue weighted by atomic mass is 10.3. The molecule has 7 heteroatoms. The van der Waals surface area contributed by atoms with Crippen molar-refractivity contribution in [2.45, 2.75) is 19.9 Å². The van der Waals surface area contributed by atoms with Crippen molar-refractivity contribution in [1.29, 1.82) is 0 Å². The van der Waals surface area contributed by atoms with Crippen molar-refractivity contribution in [2.75, 3.05) is 13.2 Å². The van der Waals surface area contributed by atoms with Gasteiger partial charge in [0.25, 0.3) is 5.91 Å². The fourth-order valence-electron chi connectivity index (χ4n) is 1.41. The van der Waals surface area contributed by atoms with E-state index < -0.39 is 17.8 Å². The summed E-state index contributed by atoms with van der Waals surface area (Å²) in [5, 5.41) is 5.04. The number of amides is 2. The van der Waals surface area contributed by atoms with Gasteiger partial charge in [0.1, 0.15) is 6.04 Å². The second-order valence-corrected chi connectivity index (χ2v) is 4.96. The maximum Gasteiger partial charge on any atom is 0.258 e. The topological polar surface area (TPSA) is 67.4 Å². The van der Waals surface area contributed by atoms with E-state index in [1.165, 1.54) is 12.1 Å². The van der Waals surface area contributed by atoms with Crippen molar-refractivity contribution < 1.29 is 18.7 Å². The zero-order chi connectivity index (χ0) is 15.1. The quantitative estimate of drug-likeness (QED) is 0.822. The summed E-state index contributed by atoms with van der Waals surface area (Å²) in [5.74, 6) is -1.36. The normalized spacial score (nSPS) is 11.6. The number of halogens is 2. The molecule has 0 aromatic heterocycles. The van der Waals surface area contributed by atoms with Gasteiger partial charge in [0.15, 0.2) is 18.2 Å². The van der Waals surface area contributed by atoms with Crippen LogP contribution in [0.1, 0.15) is 13.8 Å². The highest BCUT2D eigenvalue weighted by atomic mass is 79.9. The number of hydrogen-bond acceptors (Lipinski definition) is 3. The summed E-state index contributed by atoms with van der Waals surface area (Å²) in [6, 6.07) is 3.60. The molecule has 110 valence electrons. The predicted octanol–water partition coefficient (Wildman–Crippen LogP) is 1.61. The van der Waals surface area contributed by atoms with Gasteiger partial charge in [0, 0.05) is 11.0 Å². The van der Waals surface area contributed by atoms with Crippen molar-refractivity contribution >= 4 is 27.7 Å². The van der Waals surface area contributed by atoms with E-state index in [0.29, 0.717) is 11.0 Å². The van der Waals surface area contributed by atoms with Crippen LogP contribution >= 0.6 is 15.9 Å². The summed E-state index contributed by atoms with van der Waals surface area (Å²) >= 11 is 3.12. The molecule has 1 aromatic carbocycles. The van der Waals surface area contributed by atoms with Gasteiger partial charge in [-0.1, -0.05) is 15.9 Å². The first-order valence-corrected chi connectivity index (χ1v) is 6.88. The monoisotopic (exact) mass is 346 g/mol. The molecule has 0 saturated heterocycles. The third kappa shape index (κ3) is 5.16. The summed E-state index contributed by atoms with van der Waals surface area (Å²) in [7, 11) is 0. The smallest absolute Gasteiger partial charge is 0.258 e. The van der Waals surface area contributed by atoms with E-state index in [0.717, 1.165) is 0 Å². The second-order valence-electron chi connectivity index (χ2n) is 4.05. The minimum atomic E-state index is -0.666. The Bertz CT molecular complexity index is 497. The lowest BCUT2D eigenvalue weighted by Gasteiger charge is -2.13. The highest BCUT2D eigenvalue weighted by Gasteiger charge is 2.15. The van der Waals surface area contributed by atoms with Crippen LogP contribution in [0.2, 0.25) is 0 Å². The molecule has 0 radical (unpaired) electrons. The molecule has 0 aliphatic rings. The van der Waals surface area contributed by atoms with Crippen molar-refractivity contribution in [1.82, 2.24) is 10.6 Å². The summed E-state index contributed by atoms with van der Waals surface area (Å²) < 4.78 is 19.1. The van der Waals surface area contributed by atoms with Crippen LogP contribution < -0.4 is 15.4 Å². The van der Waals surface area contributed by atoms with Gasteiger partial charge in [-0.2, -0.15) is 0 Å². The van der Waals surface area contributed by atoms with Gasteiger partial charge in [-0.15, -0.1) is 0 Å². The van der Waals surface area contributed by atoms with Crippen molar-refractivity contribution in [3.63, 3.8) is 0 Å². The zero-order valence-corrected chi connectivity index (χ0v) is 12.8. The maximum atomic E-state index is 13.4. The third-order valence-corrected chi connectivity index (χ3v) is 2.87. The molecule has 2 N–H and O–H groups in total. The summed E-state index contributed by atoms with van der Waals surface area (Å²) in [4.78, 5) is 23.0. The van der Waals surface area contributed by atoms with Gasteiger partial charge in [-0.05, 0) is 32.0 Å². The average molecular weight is 347 g/mol. The molecule has 1 atom stereocenters. The highest BCUT2D eigenvalue weighted by molar-refractivity contribution is 9.10. The van der Waals surface area contributed by atoms with Crippen LogP contribution in [0.15, 0.2) is 22.7 Å². The predicted molar refractivity (Wildman–Crippen MR) is 75.9 cm³/mol. The van der Waals surface area contributed by atoms with E-state index in [4.69, 9.17) is 4.74 Å². The standard InChI is InChI=1S/C13H16BrFN2O3/c1-3-16-13(19)8(2)17-12(18)7-20-11-5-4-9(14)6-10(11)15/h4-6,8H,3,7H2,1-2H3,(H,16,19)(H,17,18). The van der Waals surface area contributed by atoms with Crippen LogP contribution in [0.4, 0.5) is 4.39 Å². The van der Waals surface area contributed by atoms with Gasteiger partial charge in [-0.3, -0.25) is 9.59 Å². The van der Waals surface area contributed by atoms with E-state index in [1.807, 2.05) is 0 Å². The first kappa shape index (κ1) is 16.4. The van der Waals surface area contributed by atoms with Crippen LogP contribution in [-0.4, -0.2) is 31.0 Å². The average Bonchev–Trinajstić information content (AvgIpc) is 2.37. The van der Waals surface area contributed by atoms with Gasteiger partial charge < -0.3 is 15.4 Å². The Kier molecular flexibility index (Phi) is 6.44. The minimum absolute atomic E-state index is 0.0194. The summed E-state index contributed by atoms with van der Waals surface area (Å²) in [6.07, 6.45) is 0. The van der Waals surface area contributed by atoms with Crippen LogP contribution in [0.3, 0.4) is 0 Å². The molecule has 2 amide bonds. The van der Waals surface area contributed by atoms with Crippen LogP contribution in [-0.2, 0) is 9.59 Å². The molecular weight excluding hydrogens is 331 g/mol. The lowest BCUT2D eigenvalue weighted by molar-refractivity contribution is -0.129. The molecule has 0 heterocycles. The Balaban J connectivity index is 2.45. The van der Waals surface area contributed by atoms with Gasteiger partial charge in [-0.25, -0.2) is 4.39 Å². The molecule has 0 saturated carbocycles. The maximum absolute atomic E-state index is 13.4. The molecule has 1 rings (SSSR count). The number of rotatable bonds is 6. The molecular formula is C13H16BrFN2O3. The SMILES string of the molecule is CCNC(=O)C(C)NC(=O)COc1ccc(Br)cc1F. The van der Waals surface area contributed by atoms with Crippen molar-refractivity contribution in [2.24, 2.45) is 0 Å². The van der Waals surface area contributed by atoms with Crippen molar-refractivity contribution in [3.05, 3.63) is 28.5 Å². The van der Waals surface area contributed by atoms with E-state index >= 15 is 0 Å². The Hall–Kier alpha value is -1.63. The number of benzene rings is 1. The Morgan fingerprint density at radius 2 is 2.15 bits per heavy atom. The van der Waals surface area contributed by atoms with E-state index in [9.17, 15) is 14.0 Å². The molecule has 1 unspecified atom stereocenters. The highest BCUT2D eigenvalue weighted by Crippen LogP contribution is 2.21. The second kappa shape index (κ2) is 7.84. The first-order valence-electron chi connectivity index (χ1n) is 6.09. The molecule has 5 nitrogen and oxygen atoms in total. The van der Waals surface area contributed by atoms with Gasteiger partial charge >= 0.3 is 0 Å². The van der Waals surface area contributed by atoms with Gasteiger partial charge in [0.05, 0.1) is 0 Å². The number of nitrogens with one attached hydrogen (secondary N) is 2. The van der Waals surface area contributed by atoms with Crippen LogP contribution in [0.25, 0.3) is 0 Å². The summed E-state index contributed by atoms with van der Waals surface area (Å²) in [6.45, 7) is 3.47. The number of ether oxygens (including phenoxy) is 1. The number of hydrogen-bond donors (Lipinski definition) is 2. The number of carbonyl (C=O) groups is 2. The first-order chi connectivity index (χ1) is 9.43. The molecule has 20 heavy (non-hydrogen) atoms. The fraction of sp³-hybridized carbons (Fsp3) is 0.385. The minimum Gasteiger partial charge on any atom is -0.481 e. The van der Waals surface area contributed by atoms with Crippen LogP contribution in [0.5, 0.6) is 5.75 Å². The Morgan fingerprint density at radius 1 is 1.45 bits per heavy atom. The number of likely N-dealkylation sites (N-methyl/N-ethyl adjacent to an activating group) is 1. The number of carbonyl (C=O) groups excluding carboxylic acids is 2. The van der Waals surface area contributed by atoms with E-state index in [1.54, 1.807) is 19.9 Å². The molecule has 0 fully saturated rings. The van der Waals surface area contributed by atoms with Crippen LogP contribution in [0, 0.1) is 5.82 Å². The molecule has 0 aliphatic heterocycles. The Morgan fingerprint density at radius 3 is 2.75 bits per heavy atom. The largest absolute Gasteiger partial charge is 0.481 e. The Labute approximate surface area is 125 Å². The molecule has 0 aliphatic carbocycles. The molecule has 0 bridgehead atoms. The zero-order valence-electron chi connectivity index (χ0n) is 11.2. The van der Waals surface area contributed by atoms with Gasteiger partial charge in [0.2, 0.25) is 5.91 Å². The van der Waals surface area contributed by atoms with E-state index in [2.05, 4.69) is 26.6 Å². The van der Waals surface area contributed by atoms with Crippen molar-refractivity contribution in [3.8, 4) is 5.75 Å². The van der Waals surface area contributed by atoms with E-state index in [-0.39, 0.29) is 18.3 Å². The molecule has 1 aromatic rings. The summed E-state index contributed by atoms with van der Waals surface area (Å²) in [5.41, 5.74) is 0. The lowest BCUT2D eigenvalue weighted by Crippen LogP contribution is -2.46. The third-order valence-electron chi connectivity index (χ3n) is 2.37. The molecule has 0 spiro atoms. The fourth-order valence-corrected chi connectivity index (χ4v) is 1.74.